The van der Waals surface area contributed by atoms with Crippen LogP contribution in [0.2, 0.25) is 0 Å². The molecule has 0 aromatic rings. The molecule has 1 aliphatic heterocycles. The molecule has 0 spiro atoms. The van der Waals surface area contributed by atoms with Crippen molar-refractivity contribution in [1.29, 1.82) is 0 Å². The van der Waals surface area contributed by atoms with Gasteiger partial charge in [-0.1, -0.05) is 6.08 Å². The Kier molecular flexibility index (Phi) is 5.60. The van der Waals surface area contributed by atoms with Gasteiger partial charge in [0.1, 0.15) is 6.04 Å². The van der Waals surface area contributed by atoms with Crippen LogP contribution < -0.4 is 5.73 Å². The maximum Gasteiger partial charge on any atom is 0.490 e. The summed E-state index contributed by atoms with van der Waals surface area (Å²) < 4.78 is 50.0. The average molecular weight is 321 g/mol. The van der Waals surface area contributed by atoms with E-state index in [9.17, 15) is 18.0 Å². The normalized spacial score (nSPS) is 22.3. The number of rotatable bonds is 3. The second kappa shape index (κ2) is 5.99. The van der Waals surface area contributed by atoms with Crippen molar-refractivity contribution in [2.24, 2.45) is 11.1 Å². The molecule has 1 heterocycles. The summed E-state index contributed by atoms with van der Waals surface area (Å²) in [6, 6.07) is -1.11. The summed E-state index contributed by atoms with van der Waals surface area (Å²) in [6.45, 7) is 3.47. The van der Waals surface area contributed by atoms with Crippen LogP contribution in [0.4, 0.5) is 13.2 Å². The predicted molar refractivity (Wildman–Crippen MR) is 64.5 cm³/mol. The van der Waals surface area contributed by atoms with Gasteiger partial charge >= 0.3 is 18.1 Å². The topological polar surface area (TPSA) is 141 Å². The van der Waals surface area contributed by atoms with Crippen molar-refractivity contribution in [3.05, 3.63) is 12.7 Å². The van der Waals surface area contributed by atoms with Crippen LogP contribution in [-0.4, -0.2) is 55.0 Å². The van der Waals surface area contributed by atoms with Gasteiger partial charge in [-0.2, -0.15) is 23.8 Å². The molecule has 1 fully saturated rings. The van der Waals surface area contributed by atoms with E-state index in [2.05, 4.69) is 6.58 Å². The highest BCUT2D eigenvalue weighted by atomic mass is 32.3. The lowest BCUT2D eigenvalue weighted by molar-refractivity contribution is -0.192. The molecule has 1 atom stereocenters. The Labute approximate surface area is 113 Å². The summed E-state index contributed by atoms with van der Waals surface area (Å²) in [7, 11) is -2.59. The summed E-state index contributed by atoms with van der Waals surface area (Å²) in [5.74, 6) is -3.88. The quantitative estimate of drug-likeness (QED) is 0.488. The molecule has 1 saturated heterocycles. The van der Waals surface area contributed by atoms with Gasteiger partial charge < -0.3 is 15.9 Å². The number of carboxylic acids is 2. The van der Waals surface area contributed by atoms with E-state index >= 15 is 0 Å². The average Bonchev–Trinajstić information content (AvgIpc) is 2.23. The lowest BCUT2D eigenvalue weighted by atomic mass is 9.84. The molecule has 1 rings (SSSR count). The van der Waals surface area contributed by atoms with Gasteiger partial charge in [0.05, 0.1) is 11.5 Å². The Balaban J connectivity index is 0.000000441. The third-order valence-electron chi connectivity index (χ3n) is 2.53. The molecular formula is C9H14F3NO6S. The Hall–Kier alpha value is -1.30. The number of alkyl halides is 3. The number of hydrogen-bond donors (Lipinski definition) is 5. The SMILES string of the molecule is C=CC1([C@H](N)C(=O)O)CS(O)(O)C1.O=C(O)C(F)(F)F. The molecular weight excluding hydrogens is 307 g/mol. The highest BCUT2D eigenvalue weighted by Crippen LogP contribution is 2.60. The number of hydrogen-bond acceptors (Lipinski definition) is 5. The largest absolute Gasteiger partial charge is 0.490 e. The van der Waals surface area contributed by atoms with Crippen molar-refractivity contribution in [2.75, 3.05) is 11.5 Å². The van der Waals surface area contributed by atoms with E-state index in [0.717, 1.165) is 0 Å². The zero-order valence-electron chi connectivity index (χ0n) is 10.0. The van der Waals surface area contributed by atoms with Gasteiger partial charge in [-0.3, -0.25) is 13.9 Å². The first-order valence-corrected chi connectivity index (χ1v) is 6.81. The Morgan fingerprint density at radius 3 is 1.80 bits per heavy atom. The van der Waals surface area contributed by atoms with Crippen molar-refractivity contribution in [1.82, 2.24) is 0 Å². The number of aliphatic carboxylic acids is 2. The second-order valence-electron chi connectivity index (χ2n) is 4.15. The van der Waals surface area contributed by atoms with Crippen LogP contribution in [0.5, 0.6) is 0 Å². The molecule has 0 amide bonds. The van der Waals surface area contributed by atoms with E-state index in [4.69, 9.17) is 29.8 Å². The van der Waals surface area contributed by atoms with Crippen LogP contribution in [0.1, 0.15) is 0 Å². The van der Waals surface area contributed by atoms with Crippen LogP contribution in [0.15, 0.2) is 12.7 Å². The van der Waals surface area contributed by atoms with Crippen LogP contribution in [0, 0.1) is 5.41 Å². The summed E-state index contributed by atoms with van der Waals surface area (Å²) >= 11 is 0. The molecule has 0 unspecified atom stereocenters. The standard InChI is InChI=1S/C7H13NO4S.C2HF3O2/c1-2-7(5(8)6(9)10)3-13(11,12)4-7;3-2(4,5)1(6)7/h2,5,11-12H,1,3-4,8H2,(H,9,10);(H,6,7)/t5-;/m1./s1. The molecule has 118 valence electrons. The van der Waals surface area contributed by atoms with Crippen LogP contribution in [0.3, 0.4) is 0 Å². The first-order valence-electron chi connectivity index (χ1n) is 4.93. The fraction of sp³-hybridized carbons (Fsp3) is 0.556. The second-order valence-corrected chi connectivity index (χ2v) is 6.33. The van der Waals surface area contributed by atoms with Crippen LogP contribution in [-0.2, 0) is 9.59 Å². The molecule has 7 nitrogen and oxygen atoms in total. The zero-order chi connectivity index (χ0) is 16.4. The van der Waals surface area contributed by atoms with Gasteiger partial charge in [0.15, 0.2) is 0 Å². The maximum atomic E-state index is 10.6. The van der Waals surface area contributed by atoms with E-state index in [1.165, 1.54) is 6.08 Å². The van der Waals surface area contributed by atoms with Crippen molar-refractivity contribution < 1.29 is 42.1 Å². The molecule has 0 radical (unpaired) electrons. The highest BCUT2D eigenvalue weighted by Gasteiger charge is 2.52. The Morgan fingerprint density at radius 1 is 1.30 bits per heavy atom. The highest BCUT2D eigenvalue weighted by molar-refractivity contribution is 8.25. The molecule has 0 aromatic heterocycles. The third-order valence-corrected chi connectivity index (χ3v) is 4.53. The maximum absolute atomic E-state index is 10.6. The minimum Gasteiger partial charge on any atom is -0.480 e. The fourth-order valence-corrected chi connectivity index (χ4v) is 3.72. The predicted octanol–water partition coefficient (Wildman–Crippen LogP) is 0.968. The summed E-state index contributed by atoms with van der Waals surface area (Å²) in [5, 5.41) is 15.8. The van der Waals surface area contributed by atoms with Gasteiger partial charge in [0.25, 0.3) is 0 Å². The van der Waals surface area contributed by atoms with Crippen LogP contribution in [0.25, 0.3) is 0 Å². The first-order chi connectivity index (χ1) is 8.77. The van der Waals surface area contributed by atoms with E-state index in [0.29, 0.717) is 0 Å². The number of halogens is 3. The minimum atomic E-state index is -5.08. The van der Waals surface area contributed by atoms with Crippen LogP contribution >= 0.6 is 10.6 Å². The van der Waals surface area contributed by atoms with Gasteiger partial charge in [-0.25, -0.2) is 4.79 Å². The molecule has 1 aliphatic rings. The van der Waals surface area contributed by atoms with Crippen molar-refractivity contribution >= 4 is 22.5 Å². The van der Waals surface area contributed by atoms with E-state index < -0.39 is 40.2 Å². The zero-order valence-corrected chi connectivity index (χ0v) is 10.8. The number of carboxylic acid groups (broad SMARTS) is 2. The minimum absolute atomic E-state index is 0.0109. The fourth-order valence-electron chi connectivity index (χ4n) is 1.49. The summed E-state index contributed by atoms with van der Waals surface area (Å²) in [6.07, 6.45) is -3.68. The molecule has 0 aliphatic carbocycles. The van der Waals surface area contributed by atoms with E-state index in [1.54, 1.807) is 0 Å². The molecule has 0 bridgehead atoms. The lowest BCUT2D eigenvalue weighted by Gasteiger charge is -2.55. The van der Waals surface area contributed by atoms with Crippen molar-refractivity contribution in [3.8, 4) is 0 Å². The monoisotopic (exact) mass is 321 g/mol. The number of carbonyl (C=O) groups is 2. The molecule has 11 heteroatoms. The van der Waals surface area contributed by atoms with Gasteiger partial charge in [0, 0.05) is 5.41 Å². The molecule has 0 saturated carbocycles. The van der Waals surface area contributed by atoms with Gasteiger partial charge in [0.2, 0.25) is 0 Å². The smallest absolute Gasteiger partial charge is 0.480 e. The molecule has 6 N–H and O–H groups in total. The number of nitrogens with two attached hydrogens (primary N) is 1. The molecule has 20 heavy (non-hydrogen) atoms. The van der Waals surface area contributed by atoms with Crippen molar-refractivity contribution in [2.45, 2.75) is 12.2 Å². The van der Waals surface area contributed by atoms with E-state index in [1.807, 2.05) is 0 Å². The van der Waals surface area contributed by atoms with Gasteiger partial charge in [-0.05, 0) is 0 Å². The Morgan fingerprint density at radius 2 is 1.65 bits per heavy atom. The lowest BCUT2D eigenvalue weighted by Crippen LogP contribution is -2.58. The first kappa shape index (κ1) is 18.7. The van der Waals surface area contributed by atoms with E-state index in [-0.39, 0.29) is 11.5 Å². The summed E-state index contributed by atoms with van der Waals surface area (Å²) in [4.78, 5) is 19.5. The van der Waals surface area contributed by atoms with Crippen molar-refractivity contribution in [3.63, 3.8) is 0 Å². The molecule has 0 aromatic carbocycles. The Bertz CT molecular complexity index is 403. The van der Waals surface area contributed by atoms with Gasteiger partial charge in [-0.15, -0.1) is 6.58 Å². The third kappa shape index (κ3) is 4.67. The summed E-state index contributed by atoms with van der Waals surface area (Å²) in [5.41, 5.74) is 4.57.